The number of hydrogen-bond acceptors (Lipinski definition) is 4. The van der Waals surface area contributed by atoms with Crippen molar-refractivity contribution in [1.29, 1.82) is 0 Å². The number of rotatable bonds is 4. The topological polar surface area (TPSA) is 63.5 Å². The van der Waals surface area contributed by atoms with Crippen LogP contribution in [0.3, 0.4) is 0 Å². The number of ether oxygens (including phenoxy) is 2. The average molecular weight is 415 g/mol. The summed E-state index contributed by atoms with van der Waals surface area (Å²) < 4.78 is 13.6. The maximum atomic E-state index is 12.2. The van der Waals surface area contributed by atoms with Crippen LogP contribution < -0.4 is 39.4 Å². The van der Waals surface area contributed by atoms with Gasteiger partial charge in [-0.1, -0.05) is 24.3 Å². The first-order chi connectivity index (χ1) is 13.8. The van der Waals surface area contributed by atoms with Crippen molar-refractivity contribution in [2.45, 2.75) is 45.3 Å². The number of nitrogens with zero attached hydrogens (tertiary/aromatic N) is 1. The van der Waals surface area contributed by atoms with E-state index >= 15 is 0 Å². The molecule has 30 heavy (non-hydrogen) atoms. The molecule has 0 saturated carbocycles. The molecule has 4 rings (SSSR count). The molecule has 0 aliphatic carbocycles. The second kappa shape index (κ2) is 8.75. The van der Waals surface area contributed by atoms with Gasteiger partial charge in [-0.25, -0.2) is 0 Å². The number of carbonyl (C=O) groups is 1. The number of carboxylic acids is 1. The van der Waals surface area contributed by atoms with E-state index in [4.69, 9.17) is 9.47 Å². The zero-order valence-corrected chi connectivity index (χ0v) is 20.3. The van der Waals surface area contributed by atoms with Gasteiger partial charge >= 0.3 is 29.6 Å². The third-order valence-corrected chi connectivity index (χ3v) is 5.28. The molecule has 0 amide bonds. The summed E-state index contributed by atoms with van der Waals surface area (Å²) in [4.78, 5) is 12.2. The Morgan fingerprint density at radius 3 is 2.63 bits per heavy atom. The molecule has 6 heteroatoms. The van der Waals surface area contributed by atoms with Gasteiger partial charge in [-0.3, -0.25) is 0 Å². The molecule has 5 nitrogen and oxygen atoms in total. The Morgan fingerprint density at radius 2 is 1.93 bits per heavy atom. The Morgan fingerprint density at radius 1 is 1.20 bits per heavy atom. The fourth-order valence-electron chi connectivity index (χ4n) is 4.11. The van der Waals surface area contributed by atoms with E-state index in [0.717, 1.165) is 52.8 Å². The van der Waals surface area contributed by atoms with Gasteiger partial charge in [0, 0.05) is 23.5 Å². The van der Waals surface area contributed by atoms with Crippen LogP contribution in [-0.2, 0) is 23.0 Å². The maximum Gasteiger partial charge on any atom is 1.00 e. The standard InChI is InChI=1S/C24H27NO4.Na/c1-24(2,3)29-22(23(26)27)21-20(17-9-5-6-10-18(17)25(21)4)16-11-12-19-15(14-16)8-7-13-28-19;/h5-6,9-12,14,22H,7-8,13H2,1-4H3,(H,26,27);/q;+1/p-1. The molecule has 1 atom stereocenters. The second-order valence-corrected chi connectivity index (χ2v) is 8.54. The van der Waals surface area contributed by atoms with Gasteiger partial charge in [0.05, 0.1) is 23.9 Å². The Balaban J connectivity index is 0.00000256. The number of aromatic nitrogens is 1. The number of benzene rings is 2. The van der Waals surface area contributed by atoms with Gasteiger partial charge in [0.15, 0.2) is 0 Å². The quantitative estimate of drug-likeness (QED) is 0.591. The zero-order chi connectivity index (χ0) is 20.8. The minimum atomic E-state index is -1.24. The van der Waals surface area contributed by atoms with E-state index in [-0.39, 0.29) is 29.6 Å². The zero-order valence-electron chi connectivity index (χ0n) is 18.3. The predicted octanol–water partition coefficient (Wildman–Crippen LogP) is 0.780. The molecule has 1 aromatic heterocycles. The predicted molar refractivity (Wildman–Crippen MR) is 111 cm³/mol. The van der Waals surface area contributed by atoms with Gasteiger partial charge in [-0.05, 0) is 62.9 Å². The van der Waals surface area contributed by atoms with Crippen LogP contribution in [0.1, 0.15) is 44.6 Å². The van der Waals surface area contributed by atoms with Crippen molar-refractivity contribution in [1.82, 2.24) is 4.57 Å². The molecule has 1 aliphatic heterocycles. The maximum absolute atomic E-state index is 12.2. The van der Waals surface area contributed by atoms with E-state index < -0.39 is 17.7 Å². The molecule has 2 aromatic carbocycles. The van der Waals surface area contributed by atoms with E-state index in [2.05, 4.69) is 6.07 Å². The van der Waals surface area contributed by atoms with Crippen LogP contribution in [0.25, 0.3) is 22.0 Å². The molecule has 2 heterocycles. The second-order valence-electron chi connectivity index (χ2n) is 8.54. The molecule has 0 N–H and O–H groups in total. The number of para-hydroxylation sites is 1. The third kappa shape index (κ3) is 4.30. The van der Waals surface area contributed by atoms with Crippen molar-refractivity contribution in [3.63, 3.8) is 0 Å². The van der Waals surface area contributed by atoms with E-state index in [9.17, 15) is 9.90 Å². The average Bonchev–Trinajstić information content (AvgIpc) is 2.97. The van der Waals surface area contributed by atoms with Crippen molar-refractivity contribution in [2.24, 2.45) is 7.05 Å². The van der Waals surface area contributed by atoms with Gasteiger partial charge in [-0.15, -0.1) is 0 Å². The molecule has 1 unspecified atom stereocenters. The fourth-order valence-corrected chi connectivity index (χ4v) is 4.11. The summed E-state index contributed by atoms with van der Waals surface area (Å²) in [7, 11) is 1.88. The number of aryl methyl sites for hydroxylation is 2. The van der Waals surface area contributed by atoms with E-state index in [1.54, 1.807) is 0 Å². The number of carboxylic acid groups (broad SMARTS) is 1. The first kappa shape index (κ1) is 22.9. The van der Waals surface area contributed by atoms with Crippen molar-refractivity contribution in [3.05, 3.63) is 53.7 Å². The van der Waals surface area contributed by atoms with Crippen molar-refractivity contribution < 1.29 is 48.9 Å². The minimum Gasteiger partial charge on any atom is -0.547 e. The monoisotopic (exact) mass is 415 g/mol. The van der Waals surface area contributed by atoms with Crippen LogP contribution in [0.5, 0.6) is 5.75 Å². The summed E-state index contributed by atoms with van der Waals surface area (Å²) in [5, 5.41) is 13.1. The van der Waals surface area contributed by atoms with Crippen LogP contribution in [0.4, 0.5) is 0 Å². The molecular weight excluding hydrogens is 389 g/mol. The summed E-state index contributed by atoms with van der Waals surface area (Å²) in [6, 6.07) is 14.0. The van der Waals surface area contributed by atoms with Gasteiger partial charge < -0.3 is 23.9 Å². The first-order valence-corrected chi connectivity index (χ1v) is 9.98. The van der Waals surface area contributed by atoms with Crippen molar-refractivity contribution >= 4 is 16.9 Å². The molecule has 1 aliphatic rings. The number of fused-ring (bicyclic) bond motifs is 2. The van der Waals surface area contributed by atoms with E-state index in [1.165, 1.54) is 0 Å². The number of carbonyl (C=O) groups excluding carboxylic acids is 1. The Hall–Kier alpha value is -1.79. The van der Waals surface area contributed by atoms with Gasteiger partial charge in [0.25, 0.3) is 0 Å². The Bertz CT molecular complexity index is 1080. The minimum absolute atomic E-state index is 0. The molecule has 0 radical (unpaired) electrons. The largest absolute Gasteiger partial charge is 1.00 e. The van der Waals surface area contributed by atoms with E-state index in [1.807, 2.05) is 68.8 Å². The third-order valence-electron chi connectivity index (χ3n) is 5.28. The fraction of sp³-hybridized carbons (Fsp3) is 0.375. The van der Waals surface area contributed by atoms with Crippen molar-refractivity contribution in [2.75, 3.05) is 6.61 Å². The van der Waals surface area contributed by atoms with Gasteiger partial charge in [0.1, 0.15) is 11.9 Å². The van der Waals surface area contributed by atoms with Crippen LogP contribution in [-0.4, -0.2) is 22.7 Å². The summed E-state index contributed by atoms with van der Waals surface area (Å²) in [6.45, 7) is 6.28. The van der Waals surface area contributed by atoms with Crippen LogP contribution in [0, 0.1) is 0 Å². The van der Waals surface area contributed by atoms with E-state index in [0.29, 0.717) is 5.69 Å². The molecular formula is C24H26NNaO4. The summed E-state index contributed by atoms with van der Waals surface area (Å²) in [5.74, 6) is -0.336. The molecule has 3 aromatic rings. The normalized spacial score (nSPS) is 14.5. The van der Waals surface area contributed by atoms with Crippen molar-refractivity contribution in [3.8, 4) is 16.9 Å². The Kier molecular flexibility index (Phi) is 6.68. The summed E-state index contributed by atoms with van der Waals surface area (Å²) in [5.41, 5.74) is 3.89. The number of aliphatic carboxylic acids is 1. The van der Waals surface area contributed by atoms with Crippen LogP contribution in [0.15, 0.2) is 42.5 Å². The molecule has 0 saturated heterocycles. The first-order valence-electron chi connectivity index (χ1n) is 9.98. The van der Waals surface area contributed by atoms with Gasteiger partial charge in [0.2, 0.25) is 0 Å². The summed E-state index contributed by atoms with van der Waals surface area (Å²) in [6.07, 6.45) is 0.744. The van der Waals surface area contributed by atoms with Crippen LogP contribution >= 0.6 is 0 Å². The molecule has 0 spiro atoms. The van der Waals surface area contributed by atoms with Crippen LogP contribution in [0.2, 0.25) is 0 Å². The molecule has 152 valence electrons. The Labute approximate surface area is 199 Å². The molecule has 0 bridgehead atoms. The summed E-state index contributed by atoms with van der Waals surface area (Å²) >= 11 is 0. The molecule has 0 fully saturated rings. The SMILES string of the molecule is Cn1c(C(OC(C)(C)C)C(=O)[O-])c(-c2ccc3c(c2)CCCO3)c2ccccc21.[Na+]. The number of hydrogen-bond donors (Lipinski definition) is 0. The van der Waals surface area contributed by atoms with Gasteiger partial charge in [-0.2, -0.15) is 0 Å². The smallest absolute Gasteiger partial charge is 0.547 e.